The topological polar surface area (TPSA) is 146 Å². The first-order valence-electron chi connectivity index (χ1n) is 13.0. The Balaban J connectivity index is 2.04. The summed E-state index contributed by atoms with van der Waals surface area (Å²) in [6.07, 6.45) is -2.08. The van der Waals surface area contributed by atoms with E-state index in [1.165, 1.54) is 10.8 Å². The van der Waals surface area contributed by atoms with E-state index < -0.39 is 52.4 Å². The van der Waals surface area contributed by atoms with E-state index in [1.54, 1.807) is 6.92 Å². The Kier molecular flexibility index (Phi) is 8.48. The summed E-state index contributed by atoms with van der Waals surface area (Å²) in [6, 6.07) is 0. The molecule has 0 unspecified atom stereocenters. The van der Waals surface area contributed by atoms with Crippen molar-refractivity contribution in [1.82, 2.24) is 29.8 Å². The SMILES string of the molecule is Cc1cn([C@@H]2O[C@H](CO[Si](C)(C)C(C)(C)C)[C@@H](O)[C@H]2O[Si](C)(C)C(C)(C)C)c(=O)n(Cc2nn[nH]n2)c1=O. The van der Waals surface area contributed by atoms with Crippen molar-refractivity contribution in [1.29, 1.82) is 0 Å². The van der Waals surface area contributed by atoms with Crippen molar-refractivity contribution in [2.24, 2.45) is 0 Å². The highest BCUT2D eigenvalue weighted by molar-refractivity contribution is 6.74. The molecule has 38 heavy (non-hydrogen) atoms. The highest BCUT2D eigenvalue weighted by Crippen LogP contribution is 2.42. The number of rotatable bonds is 8. The van der Waals surface area contributed by atoms with E-state index in [9.17, 15) is 14.7 Å². The lowest BCUT2D eigenvalue weighted by Crippen LogP contribution is -2.51. The van der Waals surface area contributed by atoms with Crippen molar-refractivity contribution < 1.29 is 18.7 Å². The normalized spacial score (nSPS) is 23.3. The van der Waals surface area contributed by atoms with Crippen LogP contribution in [0.1, 0.15) is 59.2 Å². The molecule has 12 nitrogen and oxygen atoms in total. The molecule has 4 atom stereocenters. The minimum absolute atomic E-state index is 0.0221. The number of nitrogens with one attached hydrogen (secondary N) is 1. The van der Waals surface area contributed by atoms with E-state index in [2.05, 4.69) is 88.4 Å². The standard InChI is InChI=1S/C24H44N6O6Si2/c1-15-12-30(22(33)29(20(15)32)13-17-25-27-28-26-17)21-19(36-38(10,11)24(5,6)7)18(31)16(35-21)14-34-37(8,9)23(2,3)4/h12,16,18-19,21,31H,13-14H2,1-11H3,(H,25,26,27,28)/t16-,18-,19-,21-/m1/s1. The van der Waals surface area contributed by atoms with Crippen LogP contribution in [0.15, 0.2) is 15.8 Å². The predicted molar refractivity (Wildman–Crippen MR) is 148 cm³/mol. The molecule has 14 heteroatoms. The van der Waals surface area contributed by atoms with Crippen molar-refractivity contribution in [2.75, 3.05) is 6.61 Å². The molecule has 0 aromatic carbocycles. The summed E-state index contributed by atoms with van der Waals surface area (Å²) in [5.74, 6) is 0.198. The second-order valence-electron chi connectivity index (χ2n) is 13.2. The van der Waals surface area contributed by atoms with E-state index in [0.717, 1.165) is 4.57 Å². The number of H-pyrrole nitrogens is 1. The average molecular weight is 569 g/mol. The van der Waals surface area contributed by atoms with Crippen molar-refractivity contribution >= 4 is 16.6 Å². The molecular weight excluding hydrogens is 524 g/mol. The van der Waals surface area contributed by atoms with Crippen molar-refractivity contribution in [3.8, 4) is 0 Å². The van der Waals surface area contributed by atoms with Crippen molar-refractivity contribution in [3.63, 3.8) is 0 Å². The van der Waals surface area contributed by atoms with Crippen LogP contribution < -0.4 is 11.2 Å². The van der Waals surface area contributed by atoms with Gasteiger partial charge in [-0.1, -0.05) is 46.8 Å². The largest absolute Gasteiger partial charge is 0.414 e. The monoisotopic (exact) mass is 568 g/mol. The summed E-state index contributed by atoms with van der Waals surface area (Å²) in [6.45, 7) is 22.8. The molecule has 3 heterocycles. The summed E-state index contributed by atoms with van der Waals surface area (Å²) in [5, 5.41) is 24.9. The molecule has 0 radical (unpaired) electrons. The molecule has 214 valence electrons. The van der Waals surface area contributed by atoms with Gasteiger partial charge in [-0.2, -0.15) is 5.21 Å². The average Bonchev–Trinajstić information content (AvgIpc) is 3.39. The molecule has 2 N–H and O–H groups in total. The first-order chi connectivity index (χ1) is 17.3. The van der Waals surface area contributed by atoms with Gasteiger partial charge < -0.3 is 18.7 Å². The van der Waals surface area contributed by atoms with Crippen LogP contribution in [-0.2, 0) is 20.1 Å². The number of aliphatic hydroxyl groups excluding tert-OH is 1. The Morgan fingerprint density at radius 1 is 1.08 bits per heavy atom. The molecular formula is C24H44N6O6Si2. The molecule has 2 aromatic heterocycles. The second kappa shape index (κ2) is 10.5. The van der Waals surface area contributed by atoms with Crippen LogP contribution in [0.4, 0.5) is 0 Å². The minimum atomic E-state index is -2.40. The third-order valence-corrected chi connectivity index (χ3v) is 17.3. The third-order valence-electron chi connectivity index (χ3n) is 8.29. The van der Waals surface area contributed by atoms with Crippen LogP contribution >= 0.6 is 0 Å². The fraction of sp³-hybridized carbons (Fsp3) is 0.792. The van der Waals surface area contributed by atoms with E-state index >= 15 is 0 Å². The van der Waals surface area contributed by atoms with Crippen LogP contribution in [-0.4, -0.2) is 76.4 Å². The smallest absolute Gasteiger partial charge is 0.333 e. The van der Waals surface area contributed by atoms with Gasteiger partial charge in [-0.15, -0.1) is 10.2 Å². The van der Waals surface area contributed by atoms with Gasteiger partial charge >= 0.3 is 5.69 Å². The molecule has 3 rings (SSSR count). The van der Waals surface area contributed by atoms with Gasteiger partial charge in [0.25, 0.3) is 5.56 Å². The van der Waals surface area contributed by atoms with E-state index in [1.807, 2.05) is 0 Å². The summed E-state index contributed by atoms with van der Waals surface area (Å²) >= 11 is 0. The molecule has 0 aliphatic carbocycles. The number of aromatic nitrogens is 6. The number of aromatic amines is 1. The first-order valence-corrected chi connectivity index (χ1v) is 18.8. The molecule has 0 saturated carbocycles. The molecule has 0 bridgehead atoms. The number of hydrogen-bond acceptors (Lipinski definition) is 9. The van der Waals surface area contributed by atoms with Gasteiger partial charge in [0.05, 0.1) is 13.2 Å². The number of hydrogen-bond donors (Lipinski definition) is 2. The lowest BCUT2D eigenvalue weighted by molar-refractivity contribution is -0.0520. The quantitative estimate of drug-likeness (QED) is 0.459. The minimum Gasteiger partial charge on any atom is -0.414 e. The zero-order chi connectivity index (χ0) is 28.8. The van der Waals surface area contributed by atoms with Gasteiger partial charge in [-0.3, -0.25) is 13.9 Å². The fourth-order valence-corrected chi connectivity index (χ4v) is 6.01. The van der Waals surface area contributed by atoms with Crippen LogP contribution in [0.3, 0.4) is 0 Å². The number of aliphatic hydroxyl groups is 1. The first kappa shape index (κ1) is 30.6. The Morgan fingerprint density at radius 2 is 1.68 bits per heavy atom. The maximum absolute atomic E-state index is 13.6. The fourth-order valence-electron chi connectivity index (χ4n) is 3.70. The summed E-state index contributed by atoms with van der Waals surface area (Å²) < 4.78 is 21.8. The Labute approximate surface area is 226 Å². The third kappa shape index (κ3) is 6.10. The molecule has 1 fully saturated rings. The highest BCUT2D eigenvalue weighted by Gasteiger charge is 2.51. The van der Waals surface area contributed by atoms with Gasteiger partial charge in [0.1, 0.15) is 18.3 Å². The highest BCUT2D eigenvalue weighted by atomic mass is 28.4. The van der Waals surface area contributed by atoms with Gasteiger partial charge in [0, 0.05) is 11.8 Å². The lowest BCUT2D eigenvalue weighted by atomic mass is 10.1. The van der Waals surface area contributed by atoms with Crippen LogP contribution in [0.25, 0.3) is 0 Å². The van der Waals surface area contributed by atoms with Crippen molar-refractivity contribution in [3.05, 3.63) is 38.4 Å². The number of aryl methyl sites for hydroxylation is 1. The summed E-state index contributed by atoms with van der Waals surface area (Å²) in [5.41, 5.74) is -0.745. The Morgan fingerprint density at radius 3 is 2.21 bits per heavy atom. The van der Waals surface area contributed by atoms with Crippen LogP contribution in [0, 0.1) is 6.92 Å². The maximum Gasteiger partial charge on any atom is 0.333 e. The molecule has 2 aromatic rings. The van der Waals surface area contributed by atoms with Crippen LogP contribution in [0.2, 0.25) is 36.3 Å². The molecule has 0 amide bonds. The lowest BCUT2D eigenvalue weighted by Gasteiger charge is -2.40. The van der Waals surface area contributed by atoms with Gasteiger partial charge in [-0.25, -0.2) is 4.79 Å². The van der Waals surface area contributed by atoms with Gasteiger partial charge in [-0.05, 0) is 43.2 Å². The number of tetrazole rings is 1. The van der Waals surface area contributed by atoms with E-state index in [4.69, 9.17) is 13.6 Å². The van der Waals surface area contributed by atoms with Gasteiger partial charge in [0.15, 0.2) is 28.7 Å². The zero-order valence-electron chi connectivity index (χ0n) is 24.5. The molecule has 0 spiro atoms. The summed E-state index contributed by atoms with van der Waals surface area (Å²) in [4.78, 5) is 26.5. The summed E-state index contributed by atoms with van der Waals surface area (Å²) in [7, 11) is -4.54. The Bertz CT molecular complexity index is 1230. The number of ether oxygens (including phenoxy) is 1. The second-order valence-corrected chi connectivity index (χ2v) is 22.8. The Hall–Kier alpha value is -1.98. The molecule has 1 aliphatic rings. The van der Waals surface area contributed by atoms with E-state index in [-0.39, 0.29) is 29.1 Å². The van der Waals surface area contributed by atoms with E-state index in [0.29, 0.717) is 5.56 Å². The predicted octanol–water partition coefficient (Wildman–Crippen LogP) is 2.55. The van der Waals surface area contributed by atoms with Crippen LogP contribution in [0.5, 0.6) is 0 Å². The molecule has 1 saturated heterocycles. The number of nitrogens with zero attached hydrogens (tertiary/aromatic N) is 5. The van der Waals surface area contributed by atoms with Gasteiger partial charge in [0.2, 0.25) is 0 Å². The zero-order valence-corrected chi connectivity index (χ0v) is 26.5. The maximum atomic E-state index is 13.6. The molecule has 1 aliphatic heterocycles. The van der Waals surface area contributed by atoms with Crippen molar-refractivity contribution in [2.45, 2.75) is 116 Å².